The Kier molecular flexibility index (Phi) is 4.31. The van der Waals surface area contributed by atoms with Gasteiger partial charge in [0.2, 0.25) is 5.91 Å². The van der Waals surface area contributed by atoms with Crippen LogP contribution < -0.4 is 5.32 Å². The number of nitrogens with zero attached hydrogens (tertiary/aromatic N) is 1. The number of nitrogens with one attached hydrogen (secondary N) is 1. The average Bonchev–Trinajstić information content (AvgIpc) is 2.48. The van der Waals surface area contributed by atoms with Crippen molar-refractivity contribution in [2.75, 3.05) is 0 Å². The lowest BCUT2D eigenvalue weighted by Crippen LogP contribution is -2.43. The van der Waals surface area contributed by atoms with Crippen LogP contribution in [0.25, 0.3) is 0 Å². The summed E-state index contributed by atoms with van der Waals surface area (Å²) in [7, 11) is 0. The minimum Gasteiger partial charge on any atom is -0.323 e. The van der Waals surface area contributed by atoms with E-state index in [0.717, 1.165) is 5.92 Å². The molecule has 4 atom stereocenters. The zero-order valence-corrected chi connectivity index (χ0v) is 12.3. The Bertz CT molecular complexity index is 303. The molecular weight excluding hydrogens is 224 g/mol. The van der Waals surface area contributed by atoms with Crippen LogP contribution in [0.3, 0.4) is 0 Å². The molecule has 0 aromatic carbocycles. The highest BCUT2D eigenvalue weighted by Crippen LogP contribution is 2.29. The summed E-state index contributed by atoms with van der Waals surface area (Å²) in [6.45, 7) is 8.73. The molecule has 0 spiro atoms. The Morgan fingerprint density at radius 1 is 1.17 bits per heavy atom. The van der Waals surface area contributed by atoms with Crippen LogP contribution in [-0.2, 0) is 4.79 Å². The normalized spacial score (nSPS) is 38.3. The summed E-state index contributed by atoms with van der Waals surface area (Å²) in [6.07, 6.45) is 6.45. The lowest BCUT2D eigenvalue weighted by atomic mass is 10.0. The lowest BCUT2D eigenvalue weighted by molar-refractivity contribution is -0.133. The van der Waals surface area contributed by atoms with Gasteiger partial charge < -0.3 is 4.90 Å². The third kappa shape index (κ3) is 2.71. The molecule has 1 heterocycles. The van der Waals surface area contributed by atoms with Crippen molar-refractivity contribution in [3.05, 3.63) is 0 Å². The van der Waals surface area contributed by atoms with E-state index >= 15 is 0 Å². The van der Waals surface area contributed by atoms with Gasteiger partial charge >= 0.3 is 0 Å². The number of hydrogen-bond acceptors (Lipinski definition) is 2. The molecule has 3 nitrogen and oxygen atoms in total. The Morgan fingerprint density at radius 2 is 1.89 bits per heavy atom. The van der Waals surface area contributed by atoms with E-state index in [-0.39, 0.29) is 12.2 Å². The monoisotopic (exact) mass is 252 g/mol. The molecule has 2 aliphatic rings. The fraction of sp³-hybridized carbons (Fsp3) is 0.933. The van der Waals surface area contributed by atoms with E-state index in [0.29, 0.717) is 17.9 Å². The molecule has 4 unspecified atom stereocenters. The highest BCUT2D eigenvalue weighted by atomic mass is 16.2. The molecule has 2 fully saturated rings. The molecule has 1 saturated carbocycles. The highest BCUT2D eigenvalue weighted by molar-refractivity contribution is 5.84. The van der Waals surface area contributed by atoms with Crippen molar-refractivity contribution in [3.63, 3.8) is 0 Å². The van der Waals surface area contributed by atoms with Gasteiger partial charge in [-0.1, -0.05) is 33.6 Å². The summed E-state index contributed by atoms with van der Waals surface area (Å²) in [5, 5.41) is 3.46. The van der Waals surface area contributed by atoms with Crippen LogP contribution in [-0.4, -0.2) is 29.1 Å². The summed E-state index contributed by atoms with van der Waals surface area (Å²) in [4.78, 5) is 14.7. The van der Waals surface area contributed by atoms with E-state index in [1.165, 1.54) is 32.1 Å². The standard InChI is InChI=1S/C15H28N2O/c1-10(2)14-15(18)17(12(4)16-14)13-7-5-6-11(3)8-9-13/h10-14,16H,5-9H2,1-4H3. The van der Waals surface area contributed by atoms with Gasteiger partial charge in [0, 0.05) is 6.04 Å². The maximum Gasteiger partial charge on any atom is 0.241 e. The maximum absolute atomic E-state index is 12.5. The molecule has 0 radical (unpaired) electrons. The average molecular weight is 252 g/mol. The third-order valence-electron chi connectivity index (χ3n) is 4.65. The smallest absolute Gasteiger partial charge is 0.241 e. The first-order valence-corrected chi connectivity index (χ1v) is 7.59. The van der Waals surface area contributed by atoms with Crippen LogP contribution in [0.15, 0.2) is 0 Å². The van der Waals surface area contributed by atoms with Gasteiger partial charge in [0.25, 0.3) is 0 Å². The van der Waals surface area contributed by atoms with Crippen LogP contribution in [0.4, 0.5) is 0 Å². The Balaban J connectivity index is 2.05. The number of rotatable bonds is 2. The van der Waals surface area contributed by atoms with Crippen molar-refractivity contribution in [2.45, 2.75) is 78.0 Å². The van der Waals surface area contributed by atoms with Gasteiger partial charge in [-0.15, -0.1) is 0 Å². The Hall–Kier alpha value is -0.570. The number of hydrogen-bond donors (Lipinski definition) is 1. The molecule has 1 N–H and O–H groups in total. The van der Waals surface area contributed by atoms with Gasteiger partial charge in [-0.2, -0.15) is 0 Å². The first-order chi connectivity index (χ1) is 8.50. The largest absolute Gasteiger partial charge is 0.323 e. The van der Waals surface area contributed by atoms with Gasteiger partial charge in [-0.05, 0) is 38.0 Å². The van der Waals surface area contributed by atoms with Crippen molar-refractivity contribution in [1.29, 1.82) is 0 Å². The molecule has 1 aliphatic heterocycles. The van der Waals surface area contributed by atoms with Crippen LogP contribution in [0.2, 0.25) is 0 Å². The third-order valence-corrected chi connectivity index (χ3v) is 4.65. The minimum atomic E-state index is 0.0284. The van der Waals surface area contributed by atoms with Crippen LogP contribution >= 0.6 is 0 Å². The zero-order chi connectivity index (χ0) is 13.3. The Morgan fingerprint density at radius 3 is 2.50 bits per heavy atom. The molecule has 18 heavy (non-hydrogen) atoms. The van der Waals surface area contributed by atoms with Crippen LogP contribution in [0.5, 0.6) is 0 Å². The van der Waals surface area contributed by atoms with Crippen molar-refractivity contribution < 1.29 is 4.79 Å². The van der Waals surface area contributed by atoms with Crippen molar-refractivity contribution in [2.24, 2.45) is 11.8 Å². The second kappa shape index (κ2) is 5.60. The molecule has 3 heteroatoms. The fourth-order valence-electron chi connectivity index (χ4n) is 3.48. The summed E-state index contributed by atoms with van der Waals surface area (Å²) < 4.78 is 0. The van der Waals surface area contributed by atoms with Gasteiger partial charge in [0.1, 0.15) is 0 Å². The van der Waals surface area contributed by atoms with Crippen LogP contribution in [0.1, 0.15) is 59.8 Å². The van der Waals surface area contributed by atoms with Crippen molar-refractivity contribution in [1.82, 2.24) is 10.2 Å². The molecule has 0 aromatic heterocycles. The van der Waals surface area contributed by atoms with Gasteiger partial charge in [0.05, 0.1) is 12.2 Å². The number of carbonyl (C=O) groups excluding carboxylic acids is 1. The van der Waals surface area contributed by atoms with E-state index in [2.05, 4.69) is 37.9 Å². The van der Waals surface area contributed by atoms with Crippen LogP contribution in [0, 0.1) is 11.8 Å². The summed E-state index contributed by atoms with van der Waals surface area (Å²) in [6, 6.07) is 0.495. The predicted octanol–water partition coefficient (Wildman–Crippen LogP) is 2.76. The summed E-state index contributed by atoms with van der Waals surface area (Å²) in [5.74, 6) is 1.54. The molecule has 104 valence electrons. The second-order valence-corrected chi connectivity index (χ2v) is 6.58. The molecule has 0 aromatic rings. The SMILES string of the molecule is CC1CCCC(N2C(=O)C(C(C)C)NC2C)CC1. The van der Waals surface area contributed by atoms with Gasteiger partial charge in [-0.3, -0.25) is 10.1 Å². The van der Waals surface area contributed by atoms with E-state index in [4.69, 9.17) is 0 Å². The Labute approximate surface area is 111 Å². The predicted molar refractivity (Wildman–Crippen MR) is 74.1 cm³/mol. The second-order valence-electron chi connectivity index (χ2n) is 6.58. The van der Waals surface area contributed by atoms with E-state index in [1.54, 1.807) is 0 Å². The molecule has 2 rings (SSSR count). The fourth-order valence-corrected chi connectivity index (χ4v) is 3.48. The topological polar surface area (TPSA) is 32.3 Å². The van der Waals surface area contributed by atoms with Gasteiger partial charge in [0.15, 0.2) is 0 Å². The molecule has 0 bridgehead atoms. The molecular formula is C15H28N2O. The first-order valence-electron chi connectivity index (χ1n) is 7.59. The summed E-state index contributed by atoms with van der Waals surface area (Å²) in [5.41, 5.74) is 0. The van der Waals surface area contributed by atoms with E-state index in [1.807, 2.05) is 0 Å². The zero-order valence-electron chi connectivity index (χ0n) is 12.3. The van der Waals surface area contributed by atoms with Crippen molar-refractivity contribution in [3.8, 4) is 0 Å². The van der Waals surface area contributed by atoms with Crippen molar-refractivity contribution >= 4 is 5.91 Å². The minimum absolute atomic E-state index is 0.0284. The van der Waals surface area contributed by atoms with E-state index in [9.17, 15) is 4.79 Å². The summed E-state index contributed by atoms with van der Waals surface area (Å²) >= 11 is 0. The number of amides is 1. The quantitative estimate of drug-likeness (QED) is 0.766. The van der Waals surface area contributed by atoms with Gasteiger partial charge in [-0.25, -0.2) is 0 Å². The molecule has 1 saturated heterocycles. The molecule has 1 amide bonds. The highest BCUT2D eigenvalue weighted by Gasteiger charge is 2.41. The lowest BCUT2D eigenvalue weighted by Gasteiger charge is -2.30. The van der Waals surface area contributed by atoms with E-state index < -0.39 is 0 Å². The molecule has 1 aliphatic carbocycles. The number of carbonyl (C=O) groups is 1. The maximum atomic E-state index is 12.5. The first kappa shape index (κ1) is 13.9.